The van der Waals surface area contributed by atoms with Crippen molar-refractivity contribution in [3.05, 3.63) is 30.1 Å². The minimum absolute atomic E-state index is 0.00305. The quantitative estimate of drug-likeness (QED) is 0.737. The average molecular weight is 347 g/mol. The largest absolute Gasteiger partial charge is 0.481 e. The van der Waals surface area contributed by atoms with E-state index in [1.165, 1.54) is 0 Å². The molecule has 1 saturated heterocycles. The first-order valence-electron chi connectivity index (χ1n) is 8.66. The van der Waals surface area contributed by atoms with Crippen molar-refractivity contribution in [2.75, 3.05) is 13.1 Å². The molecule has 1 aromatic heterocycles. The van der Waals surface area contributed by atoms with E-state index in [2.05, 4.69) is 10.3 Å². The van der Waals surface area contributed by atoms with Crippen LogP contribution in [0, 0.1) is 5.92 Å². The third kappa shape index (κ3) is 5.85. The number of rotatable bonds is 8. The number of hydrogen-bond donors (Lipinski definition) is 2. The Kier molecular flexibility index (Phi) is 6.91. The normalized spacial score (nSPS) is 17.0. The van der Waals surface area contributed by atoms with Crippen molar-refractivity contribution in [1.82, 2.24) is 15.2 Å². The predicted octanol–water partition coefficient (Wildman–Crippen LogP) is 1.23. The highest BCUT2D eigenvalue weighted by Crippen LogP contribution is 2.13. The van der Waals surface area contributed by atoms with Gasteiger partial charge < -0.3 is 15.3 Å². The topological polar surface area (TPSA) is 99.6 Å². The zero-order valence-corrected chi connectivity index (χ0v) is 14.5. The number of carbonyl (C=O) groups excluding carboxylic acids is 2. The first-order chi connectivity index (χ1) is 12.0. The third-order valence-electron chi connectivity index (χ3n) is 4.59. The van der Waals surface area contributed by atoms with Gasteiger partial charge in [0, 0.05) is 31.4 Å². The maximum atomic E-state index is 12.3. The molecule has 7 nitrogen and oxygen atoms in total. The summed E-state index contributed by atoms with van der Waals surface area (Å²) in [7, 11) is 0. The molecule has 0 spiro atoms. The number of aliphatic carboxylic acids is 1. The van der Waals surface area contributed by atoms with Crippen LogP contribution in [0.2, 0.25) is 0 Å². The average Bonchev–Trinajstić information content (AvgIpc) is 2.60. The first-order valence-corrected chi connectivity index (χ1v) is 8.66. The van der Waals surface area contributed by atoms with Gasteiger partial charge in [-0.3, -0.25) is 19.4 Å². The molecule has 2 atom stereocenters. The fourth-order valence-corrected chi connectivity index (χ4v) is 2.95. The number of nitrogens with zero attached hydrogens (tertiary/aromatic N) is 2. The summed E-state index contributed by atoms with van der Waals surface area (Å²) in [6.07, 6.45) is 6.77. The molecule has 7 heteroatoms. The minimum atomic E-state index is -0.950. The fraction of sp³-hybridized carbons (Fsp3) is 0.556. The molecule has 2 amide bonds. The summed E-state index contributed by atoms with van der Waals surface area (Å²) in [5.74, 6) is -1.97. The number of carbonyl (C=O) groups is 3. The Labute approximate surface area is 147 Å². The Hall–Kier alpha value is -2.44. The Balaban J connectivity index is 1.93. The van der Waals surface area contributed by atoms with Gasteiger partial charge in [0.2, 0.25) is 11.8 Å². The maximum Gasteiger partial charge on any atom is 0.308 e. The summed E-state index contributed by atoms with van der Waals surface area (Å²) in [4.78, 5) is 41.0. The van der Waals surface area contributed by atoms with Gasteiger partial charge in [0.1, 0.15) is 0 Å². The molecule has 25 heavy (non-hydrogen) atoms. The third-order valence-corrected chi connectivity index (χ3v) is 4.59. The number of likely N-dealkylation sites (tertiary alicyclic amines) is 1. The highest BCUT2D eigenvalue weighted by molar-refractivity contribution is 5.85. The van der Waals surface area contributed by atoms with Crippen molar-refractivity contribution in [1.29, 1.82) is 0 Å². The Morgan fingerprint density at radius 2 is 2.04 bits per heavy atom. The second kappa shape index (κ2) is 9.15. The van der Waals surface area contributed by atoms with Crippen molar-refractivity contribution in [3.8, 4) is 0 Å². The van der Waals surface area contributed by atoms with Gasteiger partial charge in [0.05, 0.1) is 12.5 Å². The van der Waals surface area contributed by atoms with Crippen LogP contribution in [0.1, 0.15) is 38.2 Å². The molecular formula is C18H25N3O4. The van der Waals surface area contributed by atoms with Crippen molar-refractivity contribution < 1.29 is 19.5 Å². The second-order valence-corrected chi connectivity index (χ2v) is 6.47. The summed E-state index contributed by atoms with van der Waals surface area (Å²) in [6.45, 7) is 2.17. The number of aryl methyl sites for hydroxylation is 1. The lowest BCUT2D eigenvalue weighted by atomic mass is 9.95. The Morgan fingerprint density at radius 1 is 1.32 bits per heavy atom. The van der Waals surface area contributed by atoms with Crippen LogP contribution >= 0.6 is 0 Å². The first kappa shape index (κ1) is 18.9. The number of piperidine rings is 1. The number of pyridine rings is 1. The number of carboxylic acid groups (broad SMARTS) is 1. The van der Waals surface area contributed by atoms with E-state index in [1.807, 2.05) is 12.1 Å². The molecule has 136 valence electrons. The van der Waals surface area contributed by atoms with Gasteiger partial charge in [-0.05, 0) is 50.3 Å². The molecule has 1 aromatic rings. The molecule has 1 aliphatic heterocycles. The van der Waals surface area contributed by atoms with Crippen molar-refractivity contribution in [2.45, 2.75) is 45.1 Å². The van der Waals surface area contributed by atoms with Crippen LogP contribution in [0.4, 0.5) is 0 Å². The number of hydrogen-bond acceptors (Lipinski definition) is 4. The number of carboxylic acids is 1. The lowest BCUT2D eigenvalue weighted by Crippen LogP contribution is -2.48. The fourth-order valence-electron chi connectivity index (χ4n) is 2.95. The van der Waals surface area contributed by atoms with E-state index in [0.717, 1.165) is 18.4 Å². The molecular weight excluding hydrogens is 322 g/mol. The van der Waals surface area contributed by atoms with Crippen LogP contribution in [-0.2, 0) is 20.8 Å². The highest BCUT2D eigenvalue weighted by Gasteiger charge is 2.27. The number of aromatic nitrogens is 1. The van der Waals surface area contributed by atoms with Crippen molar-refractivity contribution in [3.63, 3.8) is 0 Å². The van der Waals surface area contributed by atoms with Gasteiger partial charge in [-0.1, -0.05) is 0 Å². The van der Waals surface area contributed by atoms with E-state index in [-0.39, 0.29) is 18.4 Å². The molecule has 2 N–H and O–H groups in total. The standard InChI is InChI=1S/C18H25N3O4/c1-13(18(24)25)15(6-5-14-7-9-19-10-8-14)20-16(22)12-21-11-3-2-4-17(21)23/h7-10,13,15H,2-6,11-12H2,1H3,(H,20,22)(H,24,25)/t13-,15?/m1/s1. The Morgan fingerprint density at radius 3 is 2.68 bits per heavy atom. The summed E-state index contributed by atoms with van der Waals surface area (Å²) in [5, 5.41) is 12.1. The zero-order valence-electron chi connectivity index (χ0n) is 14.5. The van der Waals surface area contributed by atoms with Crippen LogP contribution in [0.5, 0.6) is 0 Å². The summed E-state index contributed by atoms with van der Waals surface area (Å²) >= 11 is 0. The van der Waals surface area contributed by atoms with E-state index in [4.69, 9.17) is 0 Å². The number of amides is 2. The van der Waals surface area contributed by atoms with E-state index in [9.17, 15) is 19.5 Å². The molecule has 0 aromatic carbocycles. The van der Waals surface area contributed by atoms with Gasteiger partial charge in [-0.25, -0.2) is 0 Å². The zero-order chi connectivity index (χ0) is 18.2. The van der Waals surface area contributed by atoms with Gasteiger partial charge in [-0.2, -0.15) is 0 Å². The van der Waals surface area contributed by atoms with Gasteiger partial charge in [0.25, 0.3) is 0 Å². The van der Waals surface area contributed by atoms with E-state index < -0.39 is 17.9 Å². The SMILES string of the molecule is C[C@@H](C(=O)O)C(CCc1ccncc1)NC(=O)CN1CCCCC1=O. The second-order valence-electron chi connectivity index (χ2n) is 6.47. The molecule has 0 radical (unpaired) electrons. The molecule has 1 fully saturated rings. The van der Waals surface area contributed by atoms with E-state index >= 15 is 0 Å². The van der Waals surface area contributed by atoms with Gasteiger partial charge in [-0.15, -0.1) is 0 Å². The molecule has 1 aliphatic rings. The van der Waals surface area contributed by atoms with Crippen LogP contribution < -0.4 is 5.32 Å². The van der Waals surface area contributed by atoms with E-state index in [1.54, 1.807) is 24.2 Å². The van der Waals surface area contributed by atoms with Crippen LogP contribution in [-0.4, -0.2) is 51.9 Å². The predicted molar refractivity (Wildman–Crippen MR) is 91.7 cm³/mol. The lowest BCUT2D eigenvalue weighted by molar-refractivity contribution is -0.143. The smallest absolute Gasteiger partial charge is 0.308 e. The van der Waals surface area contributed by atoms with Crippen LogP contribution in [0.25, 0.3) is 0 Å². The summed E-state index contributed by atoms with van der Waals surface area (Å²) in [6, 6.07) is 3.26. The van der Waals surface area contributed by atoms with Crippen LogP contribution in [0.15, 0.2) is 24.5 Å². The monoisotopic (exact) mass is 347 g/mol. The van der Waals surface area contributed by atoms with Crippen molar-refractivity contribution >= 4 is 17.8 Å². The van der Waals surface area contributed by atoms with Crippen LogP contribution in [0.3, 0.4) is 0 Å². The highest BCUT2D eigenvalue weighted by atomic mass is 16.4. The lowest BCUT2D eigenvalue weighted by Gasteiger charge is -2.28. The van der Waals surface area contributed by atoms with Gasteiger partial charge >= 0.3 is 5.97 Å². The Bertz CT molecular complexity index is 606. The molecule has 0 aliphatic carbocycles. The van der Waals surface area contributed by atoms with Gasteiger partial charge in [0.15, 0.2) is 0 Å². The van der Waals surface area contributed by atoms with Crippen molar-refractivity contribution in [2.24, 2.45) is 5.92 Å². The van der Waals surface area contributed by atoms with E-state index in [0.29, 0.717) is 25.8 Å². The molecule has 2 heterocycles. The maximum absolute atomic E-state index is 12.3. The summed E-state index contributed by atoms with van der Waals surface area (Å²) in [5.41, 5.74) is 1.04. The molecule has 0 bridgehead atoms. The molecule has 1 unspecified atom stereocenters. The summed E-state index contributed by atoms with van der Waals surface area (Å²) < 4.78 is 0. The minimum Gasteiger partial charge on any atom is -0.481 e. The molecule has 0 saturated carbocycles. The molecule has 2 rings (SSSR count). The number of nitrogens with one attached hydrogen (secondary N) is 1.